The van der Waals surface area contributed by atoms with Gasteiger partial charge in [-0.05, 0) is 39.8 Å². The SMILES string of the molecule is COC(=O)C(C)C(C)NCC1(N(C)C)CCCC(C)C1. The number of ether oxygens (including phenoxy) is 1. The summed E-state index contributed by atoms with van der Waals surface area (Å²) in [5, 5.41) is 3.57. The normalized spacial score (nSPS) is 30.1. The highest BCUT2D eigenvalue weighted by Gasteiger charge is 2.37. The number of methoxy groups -OCH3 is 1. The Hall–Kier alpha value is -0.610. The molecule has 1 fully saturated rings. The van der Waals surface area contributed by atoms with Crippen molar-refractivity contribution in [1.29, 1.82) is 0 Å². The Bertz CT molecular complexity index is 320. The van der Waals surface area contributed by atoms with E-state index >= 15 is 0 Å². The molecule has 1 aliphatic carbocycles. The van der Waals surface area contributed by atoms with E-state index in [1.165, 1.54) is 32.8 Å². The quantitative estimate of drug-likeness (QED) is 0.760. The van der Waals surface area contributed by atoms with Crippen molar-refractivity contribution >= 4 is 5.97 Å². The molecule has 0 heterocycles. The van der Waals surface area contributed by atoms with Crippen LogP contribution in [0, 0.1) is 11.8 Å². The summed E-state index contributed by atoms with van der Waals surface area (Å²) >= 11 is 0. The third-order valence-corrected chi connectivity index (χ3v) is 5.09. The monoisotopic (exact) mass is 284 g/mol. The van der Waals surface area contributed by atoms with Crippen molar-refractivity contribution in [2.45, 2.75) is 58.0 Å². The highest BCUT2D eigenvalue weighted by atomic mass is 16.5. The van der Waals surface area contributed by atoms with Crippen LogP contribution in [0.3, 0.4) is 0 Å². The van der Waals surface area contributed by atoms with Gasteiger partial charge in [0.25, 0.3) is 0 Å². The maximum absolute atomic E-state index is 11.6. The highest BCUT2D eigenvalue weighted by molar-refractivity contribution is 5.72. The van der Waals surface area contributed by atoms with E-state index in [-0.39, 0.29) is 23.5 Å². The fourth-order valence-electron chi connectivity index (χ4n) is 3.27. The number of likely N-dealkylation sites (N-methyl/N-ethyl adjacent to an activating group) is 1. The number of nitrogens with zero attached hydrogens (tertiary/aromatic N) is 1. The van der Waals surface area contributed by atoms with Crippen LogP contribution in [0.4, 0.5) is 0 Å². The Labute approximate surface area is 124 Å². The van der Waals surface area contributed by atoms with Crippen molar-refractivity contribution in [2.75, 3.05) is 27.7 Å². The van der Waals surface area contributed by atoms with Gasteiger partial charge in [-0.2, -0.15) is 0 Å². The Kier molecular flexibility index (Phi) is 6.46. The lowest BCUT2D eigenvalue weighted by Crippen LogP contribution is -2.56. The molecule has 0 aromatic rings. The number of carbonyl (C=O) groups excluding carboxylic acids is 1. The molecular formula is C16H32N2O2. The molecule has 1 N–H and O–H groups in total. The summed E-state index contributed by atoms with van der Waals surface area (Å²) in [6, 6.07) is 0.136. The lowest BCUT2D eigenvalue weighted by molar-refractivity contribution is -0.145. The minimum Gasteiger partial charge on any atom is -0.469 e. The molecule has 4 heteroatoms. The fraction of sp³-hybridized carbons (Fsp3) is 0.938. The predicted molar refractivity (Wildman–Crippen MR) is 82.7 cm³/mol. The van der Waals surface area contributed by atoms with Crippen LogP contribution in [0.25, 0.3) is 0 Å². The topological polar surface area (TPSA) is 41.6 Å². The number of esters is 1. The van der Waals surface area contributed by atoms with Crippen LogP contribution in [-0.4, -0.2) is 50.2 Å². The number of hydrogen-bond acceptors (Lipinski definition) is 4. The van der Waals surface area contributed by atoms with Crippen LogP contribution in [0.15, 0.2) is 0 Å². The van der Waals surface area contributed by atoms with Gasteiger partial charge < -0.3 is 15.0 Å². The second-order valence-corrected chi connectivity index (χ2v) is 6.80. The van der Waals surface area contributed by atoms with E-state index in [9.17, 15) is 4.79 Å². The van der Waals surface area contributed by atoms with Crippen molar-refractivity contribution in [3.63, 3.8) is 0 Å². The molecule has 20 heavy (non-hydrogen) atoms. The Balaban J connectivity index is 2.61. The largest absolute Gasteiger partial charge is 0.469 e. The molecule has 4 atom stereocenters. The molecular weight excluding hydrogens is 252 g/mol. The van der Waals surface area contributed by atoms with Crippen LogP contribution in [-0.2, 0) is 9.53 Å². The molecule has 0 aliphatic heterocycles. The molecule has 1 saturated carbocycles. The first kappa shape index (κ1) is 17.4. The minimum absolute atomic E-state index is 0.111. The Morgan fingerprint density at radius 2 is 2.10 bits per heavy atom. The molecule has 0 radical (unpaired) electrons. The first-order valence-electron chi connectivity index (χ1n) is 7.81. The smallest absolute Gasteiger partial charge is 0.309 e. The summed E-state index contributed by atoms with van der Waals surface area (Å²) < 4.78 is 4.83. The zero-order chi connectivity index (χ0) is 15.3. The van der Waals surface area contributed by atoms with Gasteiger partial charge >= 0.3 is 5.97 Å². The second-order valence-electron chi connectivity index (χ2n) is 6.80. The van der Waals surface area contributed by atoms with Gasteiger partial charge in [-0.15, -0.1) is 0 Å². The molecule has 0 aromatic carbocycles. The van der Waals surface area contributed by atoms with Gasteiger partial charge in [-0.3, -0.25) is 4.79 Å². The van der Waals surface area contributed by atoms with E-state index in [0.29, 0.717) is 0 Å². The van der Waals surface area contributed by atoms with Crippen LogP contribution in [0.2, 0.25) is 0 Å². The van der Waals surface area contributed by atoms with Gasteiger partial charge in [-0.25, -0.2) is 0 Å². The maximum Gasteiger partial charge on any atom is 0.309 e. The van der Waals surface area contributed by atoms with E-state index in [2.05, 4.69) is 38.2 Å². The van der Waals surface area contributed by atoms with Gasteiger partial charge in [-0.1, -0.05) is 26.7 Å². The lowest BCUT2D eigenvalue weighted by Gasteiger charge is -2.46. The summed E-state index contributed by atoms with van der Waals surface area (Å²) in [6.07, 6.45) is 5.09. The first-order valence-corrected chi connectivity index (χ1v) is 7.81. The van der Waals surface area contributed by atoms with E-state index in [4.69, 9.17) is 4.74 Å². The average Bonchev–Trinajstić information content (AvgIpc) is 2.42. The number of carbonyl (C=O) groups is 1. The molecule has 0 bridgehead atoms. The van der Waals surface area contributed by atoms with Crippen LogP contribution in [0.1, 0.15) is 46.5 Å². The van der Waals surface area contributed by atoms with Crippen LogP contribution >= 0.6 is 0 Å². The zero-order valence-electron chi connectivity index (χ0n) is 14.0. The van der Waals surface area contributed by atoms with E-state index in [1.54, 1.807) is 0 Å². The standard InChI is InChI=1S/C16H32N2O2/c1-12-8-7-9-16(10-12,18(4)5)11-17-14(3)13(2)15(19)20-6/h12-14,17H,7-11H2,1-6H3. The fourth-order valence-corrected chi connectivity index (χ4v) is 3.27. The summed E-state index contributed by atoms with van der Waals surface area (Å²) in [4.78, 5) is 14.0. The van der Waals surface area contributed by atoms with E-state index < -0.39 is 0 Å². The van der Waals surface area contributed by atoms with Crippen molar-refractivity contribution in [3.8, 4) is 0 Å². The zero-order valence-corrected chi connectivity index (χ0v) is 14.0. The number of rotatable bonds is 6. The van der Waals surface area contributed by atoms with Gasteiger partial charge in [0.05, 0.1) is 13.0 Å². The Morgan fingerprint density at radius 3 is 2.60 bits per heavy atom. The van der Waals surface area contributed by atoms with Crippen molar-refractivity contribution in [1.82, 2.24) is 10.2 Å². The number of hydrogen-bond donors (Lipinski definition) is 1. The maximum atomic E-state index is 11.6. The average molecular weight is 284 g/mol. The molecule has 1 aliphatic rings. The summed E-state index contributed by atoms with van der Waals surface area (Å²) in [5.41, 5.74) is 0.224. The van der Waals surface area contributed by atoms with E-state index in [0.717, 1.165) is 12.5 Å². The van der Waals surface area contributed by atoms with Crippen molar-refractivity contribution in [2.24, 2.45) is 11.8 Å². The molecule has 4 nitrogen and oxygen atoms in total. The molecule has 4 unspecified atom stereocenters. The van der Waals surface area contributed by atoms with Gasteiger partial charge in [0.2, 0.25) is 0 Å². The molecule has 118 valence electrons. The predicted octanol–water partition coefficient (Wildman–Crippen LogP) is 2.28. The van der Waals surface area contributed by atoms with Crippen molar-refractivity contribution < 1.29 is 9.53 Å². The molecule has 0 spiro atoms. The molecule has 1 rings (SSSR count). The highest BCUT2D eigenvalue weighted by Crippen LogP contribution is 2.35. The van der Waals surface area contributed by atoms with Crippen molar-refractivity contribution in [3.05, 3.63) is 0 Å². The van der Waals surface area contributed by atoms with Crippen LogP contribution in [0.5, 0.6) is 0 Å². The Morgan fingerprint density at radius 1 is 1.45 bits per heavy atom. The molecule has 0 aromatic heterocycles. The lowest BCUT2D eigenvalue weighted by atomic mass is 9.75. The van der Waals surface area contributed by atoms with Gasteiger partial charge in [0.15, 0.2) is 0 Å². The molecule has 0 saturated heterocycles. The van der Waals surface area contributed by atoms with Gasteiger partial charge in [0, 0.05) is 18.1 Å². The second kappa shape index (κ2) is 7.41. The summed E-state index contributed by atoms with van der Waals surface area (Å²) in [6.45, 7) is 7.28. The molecule has 0 amide bonds. The summed E-state index contributed by atoms with van der Waals surface area (Å²) in [7, 11) is 5.80. The third kappa shape index (κ3) is 4.19. The van der Waals surface area contributed by atoms with Gasteiger partial charge in [0.1, 0.15) is 0 Å². The van der Waals surface area contributed by atoms with E-state index in [1.807, 2.05) is 6.92 Å². The third-order valence-electron chi connectivity index (χ3n) is 5.09. The summed E-state index contributed by atoms with van der Waals surface area (Å²) in [5.74, 6) is 0.530. The minimum atomic E-state index is -0.138. The number of nitrogens with one attached hydrogen (secondary N) is 1. The first-order chi connectivity index (χ1) is 9.32. The van der Waals surface area contributed by atoms with Crippen LogP contribution < -0.4 is 5.32 Å².